The molecule has 0 aromatic heterocycles. The van der Waals surface area contributed by atoms with Gasteiger partial charge in [-0.15, -0.1) is 0 Å². The molecule has 1 aliphatic heterocycles. The number of hydrogen-bond acceptors (Lipinski definition) is 4. The molecule has 146 valence electrons. The summed E-state index contributed by atoms with van der Waals surface area (Å²) in [7, 11) is 0. The predicted octanol–water partition coefficient (Wildman–Crippen LogP) is 1.69. The minimum absolute atomic E-state index is 0.0548. The lowest BCUT2D eigenvalue weighted by atomic mass is 10.1. The van der Waals surface area contributed by atoms with Crippen molar-refractivity contribution in [2.24, 2.45) is 0 Å². The molecule has 1 saturated heterocycles. The van der Waals surface area contributed by atoms with E-state index < -0.39 is 0 Å². The average molecular weight is 379 g/mol. The molecule has 2 aromatic rings. The Hall–Kier alpha value is -3.04. The molecule has 6 heteroatoms. The van der Waals surface area contributed by atoms with E-state index in [2.05, 4.69) is 22.4 Å². The van der Waals surface area contributed by atoms with Gasteiger partial charge in [0, 0.05) is 0 Å². The van der Waals surface area contributed by atoms with Gasteiger partial charge in [0.25, 0.3) is 5.91 Å². The van der Waals surface area contributed by atoms with Gasteiger partial charge in [0.05, 0.1) is 49.7 Å². The molecule has 2 aromatic carbocycles. The fourth-order valence-electron chi connectivity index (χ4n) is 3.58. The smallest absolute Gasteiger partial charge is 0.282 e. The molecular formula is C22H27N4O2+. The number of ether oxygens (including phenoxy) is 1. The van der Waals surface area contributed by atoms with E-state index in [1.165, 1.54) is 4.90 Å². The van der Waals surface area contributed by atoms with Gasteiger partial charge >= 0.3 is 0 Å². The van der Waals surface area contributed by atoms with Crippen molar-refractivity contribution in [2.75, 3.05) is 43.0 Å². The molecule has 1 heterocycles. The summed E-state index contributed by atoms with van der Waals surface area (Å²) in [5.41, 5.74) is 2.17. The first-order valence-corrected chi connectivity index (χ1v) is 9.75. The summed E-state index contributed by atoms with van der Waals surface area (Å²) in [6, 6.07) is 17.1. The molecule has 0 unspecified atom stereocenters. The molecule has 3 rings (SSSR count). The van der Waals surface area contributed by atoms with Gasteiger partial charge in [-0.1, -0.05) is 24.3 Å². The van der Waals surface area contributed by atoms with Crippen LogP contribution in [-0.2, 0) is 4.79 Å². The quantitative estimate of drug-likeness (QED) is 0.801. The summed E-state index contributed by atoms with van der Waals surface area (Å²) < 4.78 is 5.75. The summed E-state index contributed by atoms with van der Waals surface area (Å²) in [6.45, 7) is 8.05. The van der Waals surface area contributed by atoms with Gasteiger partial charge in [0.1, 0.15) is 11.8 Å². The molecule has 0 spiro atoms. The van der Waals surface area contributed by atoms with Gasteiger partial charge in [0.15, 0.2) is 6.04 Å². The number of nitrogens with zero attached hydrogens (tertiary/aromatic N) is 2. The minimum Gasteiger partial charge on any atom is -0.492 e. The number of nitriles is 1. The first-order valence-electron chi connectivity index (χ1n) is 9.75. The van der Waals surface area contributed by atoms with E-state index in [0.717, 1.165) is 37.6 Å². The van der Waals surface area contributed by atoms with E-state index in [9.17, 15) is 10.1 Å². The maximum atomic E-state index is 12.7. The highest BCUT2D eigenvalue weighted by atomic mass is 16.5. The van der Waals surface area contributed by atoms with E-state index in [4.69, 9.17) is 4.74 Å². The molecule has 6 nitrogen and oxygen atoms in total. The number of hydrogen-bond donors (Lipinski definition) is 2. The van der Waals surface area contributed by atoms with Gasteiger partial charge in [-0.25, -0.2) is 0 Å². The van der Waals surface area contributed by atoms with Crippen LogP contribution in [0.5, 0.6) is 5.75 Å². The van der Waals surface area contributed by atoms with E-state index in [1.54, 1.807) is 18.2 Å². The van der Waals surface area contributed by atoms with Gasteiger partial charge in [-0.05, 0) is 38.1 Å². The number of nitrogens with one attached hydrogen (secondary N) is 2. The molecule has 1 aliphatic rings. The van der Waals surface area contributed by atoms with Crippen LogP contribution in [0.2, 0.25) is 0 Å². The van der Waals surface area contributed by atoms with Crippen LogP contribution in [0.25, 0.3) is 0 Å². The SMILES string of the molecule is CCOc1ccccc1N1CC[NH+]([C@@H](C)C(=O)Nc2ccccc2C#N)CC1. The van der Waals surface area contributed by atoms with E-state index >= 15 is 0 Å². The largest absolute Gasteiger partial charge is 0.492 e. The fourth-order valence-corrected chi connectivity index (χ4v) is 3.58. The average Bonchev–Trinajstić information content (AvgIpc) is 2.74. The number of carbonyl (C=O) groups is 1. The monoisotopic (exact) mass is 379 g/mol. The number of benzene rings is 2. The van der Waals surface area contributed by atoms with Crippen LogP contribution in [0.4, 0.5) is 11.4 Å². The molecule has 0 aliphatic carbocycles. The van der Waals surface area contributed by atoms with Gasteiger partial charge in [0.2, 0.25) is 0 Å². The maximum absolute atomic E-state index is 12.7. The van der Waals surface area contributed by atoms with E-state index in [-0.39, 0.29) is 11.9 Å². The van der Waals surface area contributed by atoms with Crippen molar-refractivity contribution in [2.45, 2.75) is 19.9 Å². The molecule has 1 fully saturated rings. The Morgan fingerprint density at radius 2 is 1.89 bits per heavy atom. The normalized spacial score (nSPS) is 15.5. The van der Waals surface area contributed by atoms with Crippen LogP contribution < -0.4 is 19.9 Å². The Morgan fingerprint density at radius 1 is 1.21 bits per heavy atom. The highest BCUT2D eigenvalue weighted by Gasteiger charge is 2.30. The third-order valence-electron chi connectivity index (χ3n) is 5.22. The number of amides is 1. The number of quaternary nitrogens is 1. The molecular weight excluding hydrogens is 352 g/mol. The molecule has 1 amide bonds. The molecule has 2 N–H and O–H groups in total. The fraction of sp³-hybridized carbons (Fsp3) is 0.364. The minimum atomic E-state index is -0.184. The maximum Gasteiger partial charge on any atom is 0.282 e. The van der Waals surface area contributed by atoms with E-state index in [1.807, 2.05) is 38.1 Å². The van der Waals surface area contributed by atoms with Crippen LogP contribution in [0.3, 0.4) is 0 Å². The summed E-state index contributed by atoms with van der Waals surface area (Å²) in [6.07, 6.45) is 0. The van der Waals surface area contributed by atoms with Crippen molar-refractivity contribution >= 4 is 17.3 Å². The van der Waals surface area contributed by atoms with E-state index in [0.29, 0.717) is 17.9 Å². The Balaban J connectivity index is 1.60. The second-order valence-electron chi connectivity index (χ2n) is 6.91. The Labute approximate surface area is 166 Å². The molecule has 0 radical (unpaired) electrons. The first kappa shape index (κ1) is 19.7. The topological polar surface area (TPSA) is 69.8 Å². The second-order valence-corrected chi connectivity index (χ2v) is 6.91. The summed E-state index contributed by atoms with van der Waals surface area (Å²) in [5.74, 6) is 0.855. The number of anilines is 2. The number of para-hydroxylation sites is 3. The van der Waals surface area contributed by atoms with Crippen LogP contribution in [0, 0.1) is 11.3 Å². The van der Waals surface area contributed by atoms with Crippen LogP contribution in [-0.4, -0.2) is 44.7 Å². The Morgan fingerprint density at radius 3 is 2.61 bits per heavy atom. The van der Waals surface area contributed by atoms with Gasteiger partial charge in [-0.3, -0.25) is 4.79 Å². The standard InChI is InChI=1S/C22H26N4O2/c1-3-28-21-11-7-6-10-20(21)26-14-12-25(13-15-26)17(2)22(27)24-19-9-5-4-8-18(19)16-23/h4-11,17H,3,12-15H2,1-2H3,(H,24,27)/p+1/t17-/m0/s1. The molecule has 0 bridgehead atoms. The van der Waals surface area contributed by atoms with Crippen molar-refractivity contribution in [3.8, 4) is 11.8 Å². The zero-order valence-electron chi connectivity index (χ0n) is 16.4. The van der Waals surface area contributed by atoms with Gasteiger partial charge < -0.3 is 19.9 Å². The van der Waals surface area contributed by atoms with Crippen molar-refractivity contribution in [1.82, 2.24) is 0 Å². The van der Waals surface area contributed by atoms with Crippen LogP contribution in [0.15, 0.2) is 48.5 Å². The lowest BCUT2D eigenvalue weighted by Crippen LogP contribution is -3.19. The molecule has 28 heavy (non-hydrogen) atoms. The Bertz CT molecular complexity index is 854. The zero-order chi connectivity index (χ0) is 19.9. The molecule has 1 atom stereocenters. The molecule has 0 saturated carbocycles. The Kier molecular flexibility index (Phi) is 6.51. The van der Waals surface area contributed by atoms with Crippen molar-refractivity contribution in [3.63, 3.8) is 0 Å². The highest BCUT2D eigenvalue weighted by Crippen LogP contribution is 2.27. The van der Waals surface area contributed by atoms with Crippen molar-refractivity contribution in [1.29, 1.82) is 5.26 Å². The second kappa shape index (κ2) is 9.25. The zero-order valence-corrected chi connectivity index (χ0v) is 16.4. The highest BCUT2D eigenvalue weighted by molar-refractivity contribution is 5.94. The summed E-state index contributed by atoms with van der Waals surface area (Å²) in [4.78, 5) is 16.3. The van der Waals surface area contributed by atoms with Gasteiger partial charge in [-0.2, -0.15) is 5.26 Å². The number of carbonyl (C=O) groups excluding carboxylic acids is 1. The lowest BCUT2D eigenvalue weighted by Gasteiger charge is -2.36. The lowest BCUT2D eigenvalue weighted by molar-refractivity contribution is -0.914. The summed E-state index contributed by atoms with van der Waals surface area (Å²) in [5, 5.41) is 12.1. The third kappa shape index (κ3) is 4.44. The van der Waals surface area contributed by atoms with Crippen LogP contribution >= 0.6 is 0 Å². The number of piperazine rings is 1. The predicted molar refractivity (Wildman–Crippen MR) is 110 cm³/mol. The van der Waals surface area contributed by atoms with Crippen molar-refractivity contribution < 1.29 is 14.4 Å². The third-order valence-corrected chi connectivity index (χ3v) is 5.22. The number of rotatable bonds is 6. The first-order chi connectivity index (χ1) is 13.6. The van der Waals surface area contributed by atoms with Crippen LogP contribution in [0.1, 0.15) is 19.4 Å². The van der Waals surface area contributed by atoms with Crippen molar-refractivity contribution in [3.05, 3.63) is 54.1 Å². The summed E-state index contributed by atoms with van der Waals surface area (Å²) >= 11 is 0.